The molecule has 1 aromatic heterocycles. The molecule has 7 heteroatoms. The summed E-state index contributed by atoms with van der Waals surface area (Å²) in [6, 6.07) is 3.24. The second-order valence-corrected chi connectivity index (χ2v) is 6.93. The van der Waals surface area contributed by atoms with Gasteiger partial charge in [-0.05, 0) is 33.8 Å². The smallest absolute Gasteiger partial charge is 0.251 e. The Kier molecular flexibility index (Phi) is 6.01. The van der Waals surface area contributed by atoms with Crippen molar-refractivity contribution in [1.82, 2.24) is 9.47 Å². The predicted molar refractivity (Wildman–Crippen MR) is 88.6 cm³/mol. The number of amides is 1. The van der Waals surface area contributed by atoms with Gasteiger partial charge in [0, 0.05) is 35.9 Å². The molecule has 1 saturated heterocycles. The van der Waals surface area contributed by atoms with Gasteiger partial charge in [0.05, 0.1) is 0 Å². The molecule has 1 atom stereocenters. The van der Waals surface area contributed by atoms with Crippen LogP contribution in [0.5, 0.6) is 0 Å². The van der Waals surface area contributed by atoms with Crippen LogP contribution in [0.25, 0.3) is 0 Å². The maximum absolute atomic E-state index is 12.3. The summed E-state index contributed by atoms with van der Waals surface area (Å²) in [4.78, 5) is 25.9. The average Bonchev–Trinajstić information content (AvgIpc) is 2.37. The van der Waals surface area contributed by atoms with Gasteiger partial charge in [-0.1, -0.05) is 13.8 Å². The van der Waals surface area contributed by atoms with E-state index in [1.54, 1.807) is 17.2 Å². The van der Waals surface area contributed by atoms with Crippen LogP contribution >= 0.6 is 28.3 Å². The molecule has 5 nitrogen and oxygen atoms in total. The third-order valence-corrected chi connectivity index (χ3v) is 4.39. The Bertz CT molecular complexity index is 574. The van der Waals surface area contributed by atoms with E-state index in [1.165, 1.54) is 10.6 Å². The minimum Gasteiger partial charge on any atom is -0.340 e. The lowest BCUT2D eigenvalue weighted by molar-refractivity contribution is -0.135. The number of hydrogen-bond donors (Lipinski definition) is 1. The molecule has 1 aliphatic rings. The van der Waals surface area contributed by atoms with E-state index in [9.17, 15) is 9.59 Å². The summed E-state index contributed by atoms with van der Waals surface area (Å²) in [6.45, 7) is 5.51. The van der Waals surface area contributed by atoms with E-state index in [0.29, 0.717) is 13.1 Å². The Labute approximate surface area is 139 Å². The summed E-state index contributed by atoms with van der Waals surface area (Å²) in [5, 5.41) is 0. The number of piperidine rings is 1. The molecule has 2 rings (SSSR count). The van der Waals surface area contributed by atoms with Gasteiger partial charge < -0.3 is 15.2 Å². The lowest BCUT2D eigenvalue weighted by atomic mass is 9.79. The highest BCUT2D eigenvalue weighted by atomic mass is 79.9. The second kappa shape index (κ2) is 6.94. The zero-order valence-electron chi connectivity index (χ0n) is 12.2. The van der Waals surface area contributed by atoms with E-state index in [0.717, 1.165) is 10.9 Å². The van der Waals surface area contributed by atoms with Gasteiger partial charge >= 0.3 is 0 Å². The highest BCUT2D eigenvalue weighted by molar-refractivity contribution is 9.10. The number of carbonyl (C=O) groups excluding carboxylic acids is 1. The van der Waals surface area contributed by atoms with Crippen molar-refractivity contribution in [2.45, 2.75) is 32.9 Å². The molecule has 118 valence electrons. The zero-order valence-corrected chi connectivity index (χ0v) is 14.6. The Balaban J connectivity index is 0.00000220. The number of nitrogens with zero attached hydrogens (tertiary/aromatic N) is 2. The van der Waals surface area contributed by atoms with Gasteiger partial charge in [0.1, 0.15) is 6.54 Å². The first-order valence-electron chi connectivity index (χ1n) is 6.69. The van der Waals surface area contributed by atoms with Crippen LogP contribution in [0.3, 0.4) is 0 Å². The minimum atomic E-state index is -0.172. The van der Waals surface area contributed by atoms with Crippen molar-refractivity contribution in [2.24, 2.45) is 11.1 Å². The summed E-state index contributed by atoms with van der Waals surface area (Å²) in [5.74, 6) is -0.0369. The number of likely N-dealkylation sites (tertiary alicyclic amines) is 1. The molecule has 1 fully saturated rings. The van der Waals surface area contributed by atoms with Crippen LogP contribution in [-0.4, -0.2) is 34.5 Å². The lowest BCUT2D eigenvalue weighted by Gasteiger charge is -2.42. The van der Waals surface area contributed by atoms with Crippen molar-refractivity contribution in [3.05, 3.63) is 33.2 Å². The topological polar surface area (TPSA) is 68.3 Å². The van der Waals surface area contributed by atoms with Crippen LogP contribution in [0.2, 0.25) is 0 Å². The number of aromatic nitrogens is 1. The predicted octanol–water partition coefficient (Wildman–Crippen LogP) is 1.62. The lowest BCUT2D eigenvalue weighted by Crippen LogP contribution is -2.54. The normalized spacial score (nSPS) is 20.8. The zero-order chi connectivity index (χ0) is 14.9. The monoisotopic (exact) mass is 377 g/mol. The molecule has 0 aliphatic carbocycles. The van der Waals surface area contributed by atoms with E-state index in [1.807, 2.05) is 0 Å². The fourth-order valence-electron chi connectivity index (χ4n) is 2.46. The largest absolute Gasteiger partial charge is 0.340 e. The maximum atomic E-state index is 12.3. The minimum absolute atomic E-state index is 0. The van der Waals surface area contributed by atoms with Gasteiger partial charge in [0.2, 0.25) is 5.91 Å². The first-order chi connectivity index (χ1) is 9.29. The third kappa shape index (κ3) is 4.31. The van der Waals surface area contributed by atoms with E-state index in [4.69, 9.17) is 5.73 Å². The number of hydrogen-bond acceptors (Lipinski definition) is 3. The quantitative estimate of drug-likeness (QED) is 0.850. The molecule has 2 heterocycles. The summed E-state index contributed by atoms with van der Waals surface area (Å²) < 4.78 is 2.21. The van der Waals surface area contributed by atoms with Gasteiger partial charge in [-0.2, -0.15) is 0 Å². The summed E-state index contributed by atoms with van der Waals surface area (Å²) in [6.07, 6.45) is 2.44. The van der Waals surface area contributed by atoms with Gasteiger partial charge in [-0.25, -0.2) is 0 Å². The van der Waals surface area contributed by atoms with Gasteiger partial charge in [-0.3, -0.25) is 9.59 Å². The van der Waals surface area contributed by atoms with Gasteiger partial charge in [-0.15, -0.1) is 12.4 Å². The van der Waals surface area contributed by atoms with E-state index in [-0.39, 0.29) is 41.9 Å². The molecular weight excluding hydrogens is 358 g/mol. The molecule has 1 amide bonds. The molecule has 0 aromatic carbocycles. The number of pyridine rings is 1. The number of rotatable bonds is 2. The molecule has 1 unspecified atom stereocenters. The molecular formula is C14H21BrClN3O2. The van der Waals surface area contributed by atoms with Gasteiger partial charge in [0.25, 0.3) is 5.56 Å². The molecule has 1 aliphatic heterocycles. The molecule has 21 heavy (non-hydrogen) atoms. The SMILES string of the molecule is CC1(C)CN(C(=O)Cn2cc(Br)ccc2=O)CCC1N.Cl. The Morgan fingerprint density at radius 2 is 2.14 bits per heavy atom. The van der Waals surface area contributed by atoms with Gasteiger partial charge in [0.15, 0.2) is 0 Å². The fraction of sp³-hybridized carbons (Fsp3) is 0.571. The van der Waals surface area contributed by atoms with Crippen LogP contribution in [-0.2, 0) is 11.3 Å². The summed E-state index contributed by atoms with van der Waals surface area (Å²) in [5.41, 5.74) is 5.81. The Morgan fingerprint density at radius 3 is 2.76 bits per heavy atom. The number of halogens is 2. The molecule has 0 saturated carbocycles. The van der Waals surface area contributed by atoms with Crippen molar-refractivity contribution < 1.29 is 4.79 Å². The average molecular weight is 379 g/mol. The van der Waals surface area contributed by atoms with Crippen molar-refractivity contribution in [2.75, 3.05) is 13.1 Å². The third-order valence-electron chi connectivity index (χ3n) is 3.92. The first kappa shape index (κ1) is 18.2. The summed E-state index contributed by atoms with van der Waals surface area (Å²) in [7, 11) is 0. The number of nitrogens with two attached hydrogens (primary N) is 1. The first-order valence-corrected chi connectivity index (χ1v) is 7.48. The number of carbonyl (C=O) groups is 1. The summed E-state index contributed by atoms with van der Waals surface area (Å²) >= 11 is 3.31. The van der Waals surface area contributed by atoms with Crippen LogP contribution in [0.4, 0.5) is 0 Å². The molecule has 0 bridgehead atoms. The van der Waals surface area contributed by atoms with E-state index >= 15 is 0 Å². The van der Waals surface area contributed by atoms with Crippen molar-refractivity contribution in [1.29, 1.82) is 0 Å². The van der Waals surface area contributed by atoms with E-state index < -0.39 is 0 Å². The van der Waals surface area contributed by atoms with Crippen LogP contribution < -0.4 is 11.3 Å². The van der Waals surface area contributed by atoms with E-state index in [2.05, 4.69) is 29.8 Å². The Hall–Kier alpha value is -0.850. The second-order valence-electron chi connectivity index (χ2n) is 6.01. The highest BCUT2D eigenvalue weighted by Crippen LogP contribution is 2.27. The standard InChI is InChI=1S/C14H20BrN3O2.ClH/c1-14(2)9-17(6-5-11(14)16)13(20)8-18-7-10(15)3-4-12(18)19;/h3-4,7,11H,5-6,8-9,16H2,1-2H3;1H. The Morgan fingerprint density at radius 1 is 1.48 bits per heavy atom. The maximum Gasteiger partial charge on any atom is 0.251 e. The highest BCUT2D eigenvalue weighted by Gasteiger charge is 2.35. The van der Waals surface area contributed by atoms with Crippen LogP contribution in [0.15, 0.2) is 27.6 Å². The molecule has 0 radical (unpaired) electrons. The van der Waals surface area contributed by atoms with Crippen molar-refractivity contribution in [3.63, 3.8) is 0 Å². The molecule has 1 aromatic rings. The molecule has 0 spiro atoms. The fourth-order valence-corrected chi connectivity index (χ4v) is 2.84. The van der Waals surface area contributed by atoms with Crippen LogP contribution in [0.1, 0.15) is 20.3 Å². The van der Waals surface area contributed by atoms with Crippen LogP contribution in [0, 0.1) is 5.41 Å². The molecule has 2 N–H and O–H groups in total. The van der Waals surface area contributed by atoms with Crippen molar-refractivity contribution in [3.8, 4) is 0 Å². The van der Waals surface area contributed by atoms with Crippen molar-refractivity contribution >= 4 is 34.2 Å².